The van der Waals surface area contributed by atoms with Crippen molar-refractivity contribution in [1.82, 2.24) is 0 Å². The van der Waals surface area contributed by atoms with Gasteiger partial charge in [0.15, 0.2) is 0 Å². The molecule has 3 atom stereocenters. The second kappa shape index (κ2) is 4.76. The maximum absolute atomic E-state index is 9.31. The Morgan fingerprint density at radius 1 is 1.29 bits per heavy atom. The van der Waals surface area contributed by atoms with E-state index in [2.05, 4.69) is 27.7 Å². The summed E-state index contributed by atoms with van der Waals surface area (Å²) in [5.41, 5.74) is 3.26. The number of fused-ring (bicyclic) bond motifs is 1. The first-order valence-electron chi connectivity index (χ1n) is 7.25. The number of aliphatic hydroxyl groups is 1. The van der Waals surface area contributed by atoms with Crippen molar-refractivity contribution >= 4 is 0 Å². The molecule has 1 N–H and O–H groups in total. The average Bonchev–Trinajstić information content (AvgIpc) is 2.33. The van der Waals surface area contributed by atoms with Gasteiger partial charge in [0.05, 0.1) is 6.61 Å². The molecule has 0 bridgehead atoms. The largest absolute Gasteiger partial charge is 0.392 e. The van der Waals surface area contributed by atoms with Crippen molar-refractivity contribution < 1.29 is 5.11 Å². The van der Waals surface area contributed by atoms with Crippen LogP contribution in [0.2, 0.25) is 0 Å². The number of allylic oxidation sites excluding steroid dienone is 1. The summed E-state index contributed by atoms with van der Waals surface area (Å²) in [7, 11) is 0. The molecule has 0 radical (unpaired) electrons. The van der Waals surface area contributed by atoms with Crippen LogP contribution in [0.5, 0.6) is 0 Å². The first-order chi connectivity index (χ1) is 7.96. The molecule has 1 heteroatoms. The van der Waals surface area contributed by atoms with Crippen molar-refractivity contribution in [3.8, 4) is 0 Å². The molecular weight excluding hydrogens is 208 g/mol. The summed E-state index contributed by atoms with van der Waals surface area (Å²) in [6.07, 6.45) is 6.67. The van der Waals surface area contributed by atoms with Gasteiger partial charge in [0.2, 0.25) is 0 Å². The maximum atomic E-state index is 9.31. The lowest BCUT2D eigenvalue weighted by Gasteiger charge is -2.51. The number of rotatable bonds is 1. The van der Waals surface area contributed by atoms with Gasteiger partial charge in [-0.25, -0.2) is 0 Å². The monoisotopic (exact) mass is 236 g/mol. The van der Waals surface area contributed by atoms with Gasteiger partial charge >= 0.3 is 0 Å². The summed E-state index contributed by atoms with van der Waals surface area (Å²) in [5, 5.41) is 9.31. The van der Waals surface area contributed by atoms with Crippen molar-refractivity contribution in [3.63, 3.8) is 0 Å². The molecule has 0 spiro atoms. The molecule has 0 aromatic carbocycles. The van der Waals surface area contributed by atoms with Gasteiger partial charge in [-0.2, -0.15) is 0 Å². The Balaban J connectivity index is 2.20. The zero-order valence-electron chi connectivity index (χ0n) is 11.9. The molecule has 0 unspecified atom stereocenters. The smallest absolute Gasteiger partial charge is 0.0641 e. The van der Waals surface area contributed by atoms with E-state index in [0.29, 0.717) is 5.41 Å². The van der Waals surface area contributed by atoms with Crippen molar-refractivity contribution in [2.45, 2.75) is 59.8 Å². The molecular formula is C16H28O. The summed E-state index contributed by atoms with van der Waals surface area (Å²) in [6.45, 7) is 9.71. The van der Waals surface area contributed by atoms with Gasteiger partial charge in [0.1, 0.15) is 0 Å². The van der Waals surface area contributed by atoms with E-state index in [1.54, 1.807) is 5.57 Å². The summed E-state index contributed by atoms with van der Waals surface area (Å²) >= 11 is 0. The van der Waals surface area contributed by atoms with Crippen LogP contribution in [0, 0.1) is 23.2 Å². The second-order valence-corrected chi connectivity index (χ2v) is 6.95. The van der Waals surface area contributed by atoms with Gasteiger partial charge in [0.25, 0.3) is 0 Å². The van der Waals surface area contributed by atoms with Gasteiger partial charge < -0.3 is 5.11 Å². The lowest BCUT2D eigenvalue weighted by atomic mass is 9.54. The van der Waals surface area contributed by atoms with Crippen LogP contribution in [0.1, 0.15) is 59.8 Å². The highest BCUT2D eigenvalue weighted by molar-refractivity contribution is 5.17. The van der Waals surface area contributed by atoms with Crippen molar-refractivity contribution in [2.24, 2.45) is 23.2 Å². The molecule has 0 aromatic heterocycles. The van der Waals surface area contributed by atoms with E-state index >= 15 is 0 Å². The van der Waals surface area contributed by atoms with Crippen LogP contribution in [0.3, 0.4) is 0 Å². The van der Waals surface area contributed by atoms with Gasteiger partial charge in [-0.05, 0) is 67.8 Å². The molecule has 0 aromatic rings. The Labute approximate surface area is 106 Å². The van der Waals surface area contributed by atoms with Gasteiger partial charge in [-0.15, -0.1) is 0 Å². The minimum atomic E-state index is 0.253. The number of aliphatic hydroxyl groups excluding tert-OH is 1. The summed E-state index contributed by atoms with van der Waals surface area (Å²) in [4.78, 5) is 0. The number of hydrogen-bond donors (Lipinski definition) is 1. The molecule has 0 heterocycles. The van der Waals surface area contributed by atoms with E-state index in [1.165, 1.54) is 37.7 Å². The Morgan fingerprint density at radius 2 is 2.00 bits per heavy atom. The zero-order chi connectivity index (χ0) is 12.6. The first-order valence-corrected chi connectivity index (χ1v) is 7.25. The summed E-state index contributed by atoms with van der Waals surface area (Å²) in [5.74, 6) is 2.63. The summed E-state index contributed by atoms with van der Waals surface area (Å²) < 4.78 is 0. The second-order valence-electron chi connectivity index (χ2n) is 6.95. The average molecular weight is 236 g/mol. The molecule has 98 valence electrons. The third kappa shape index (κ3) is 2.31. The van der Waals surface area contributed by atoms with Gasteiger partial charge in [-0.1, -0.05) is 26.3 Å². The Hall–Kier alpha value is -0.300. The lowest BCUT2D eigenvalue weighted by Crippen LogP contribution is -2.42. The molecule has 0 aliphatic heterocycles. The molecule has 2 aliphatic carbocycles. The Morgan fingerprint density at radius 3 is 2.65 bits per heavy atom. The highest BCUT2D eigenvalue weighted by Gasteiger charge is 2.44. The van der Waals surface area contributed by atoms with E-state index in [0.717, 1.165) is 17.8 Å². The molecule has 2 saturated carbocycles. The highest BCUT2D eigenvalue weighted by Crippen LogP contribution is 2.54. The fourth-order valence-electron chi connectivity index (χ4n) is 4.01. The van der Waals surface area contributed by atoms with Crippen LogP contribution >= 0.6 is 0 Å². The SMILES string of the molecule is C/C(CO)=C1/CC[C@H]2CC[C@H](C)C(C)(C)[C@@H]2C1. The Bertz CT molecular complexity index is 313. The minimum absolute atomic E-state index is 0.253. The molecule has 1 nitrogen and oxygen atoms in total. The third-order valence-corrected chi connectivity index (χ3v) is 5.89. The molecule has 2 aliphatic rings. The van der Waals surface area contributed by atoms with Crippen LogP contribution in [0.15, 0.2) is 11.1 Å². The quantitative estimate of drug-likeness (QED) is 0.678. The molecule has 0 amide bonds. The molecule has 2 fully saturated rings. The standard InChI is InChI=1S/C16H28O/c1-11(10-17)14-8-7-13-6-5-12(2)16(3,4)15(13)9-14/h12-13,15,17H,5-10H2,1-4H3/b14-11+/t12-,13+,15+/m0/s1. The topological polar surface area (TPSA) is 20.2 Å². The molecule has 17 heavy (non-hydrogen) atoms. The van der Waals surface area contributed by atoms with Crippen LogP contribution in [0.4, 0.5) is 0 Å². The fourth-order valence-corrected chi connectivity index (χ4v) is 4.01. The predicted octanol–water partition coefficient (Wildman–Crippen LogP) is 4.17. The van der Waals surface area contributed by atoms with E-state index in [1.807, 2.05) is 0 Å². The van der Waals surface area contributed by atoms with Crippen molar-refractivity contribution in [3.05, 3.63) is 11.1 Å². The third-order valence-electron chi connectivity index (χ3n) is 5.89. The van der Waals surface area contributed by atoms with E-state index < -0.39 is 0 Å². The van der Waals surface area contributed by atoms with Crippen molar-refractivity contribution in [2.75, 3.05) is 6.61 Å². The van der Waals surface area contributed by atoms with Crippen LogP contribution in [0.25, 0.3) is 0 Å². The number of hydrogen-bond acceptors (Lipinski definition) is 1. The fraction of sp³-hybridized carbons (Fsp3) is 0.875. The maximum Gasteiger partial charge on any atom is 0.0641 e. The van der Waals surface area contributed by atoms with Crippen molar-refractivity contribution in [1.29, 1.82) is 0 Å². The molecule has 2 rings (SSSR count). The van der Waals surface area contributed by atoms with E-state index in [4.69, 9.17) is 0 Å². The highest BCUT2D eigenvalue weighted by atomic mass is 16.3. The normalized spacial score (nSPS) is 39.7. The Kier molecular flexibility index (Phi) is 3.68. The molecule has 0 saturated heterocycles. The van der Waals surface area contributed by atoms with Crippen LogP contribution in [-0.4, -0.2) is 11.7 Å². The van der Waals surface area contributed by atoms with Gasteiger partial charge in [-0.3, -0.25) is 0 Å². The zero-order valence-corrected chi connectivity index (χ0v) is 11.9. The van der Waals surface area contributed by atoms with Crippen LogP contribution in [-0.2, 0) is 0 Å². The van der Waals surface area contributed by atoms with Crippen LogP contribution < -0.4 is 0 Å². The predicted molar refractivity (Wildman–Crippen MR) is 72.8 cm³/mol. The lowest BCUT2D eigenvalue weighted by molar-refractivity contribution is 0.00689. The summed E-state index contributed by atoms with van der Waals surface area (Å²) in [6, 6.07) is 0. The minimum Gasteiger partial charge on any atom is -0.392 e. The first kappa shape index (κ1) is 13.1. The van der Waals surface area contributed by atoms with E-state index in [9.17, 15) is 5.11 Å². The van der Waals surface area contributed by atoms with E-state index in [-0.39, 0.29) is 6.61 Å². The van der Waals surface area contributed by atoms with Gasteiger partial charge in [0, 0.05) is 0 Å².